The highest BCUT2D eigenvalue weighted by Gasteiger charge is 2.17. The summed E-state index contributed by atoms with van der Waals surface area (Å²) in [5, 5.41) is 0. The molecule has 0 radical (unpaired) electrons. The zero-order chi connectivity index (χ0) is 13.7. The average molecular weight is 252 g/mol. The smallest absolute Gasteiger partial charge is 0.126 e. The molecule has 0 saturated carbocycles. The predicted molar refractivity (Wildman–Crippen MR) is 75.1 cm³/mol. The first-order chi connectivity index (χ1) is 8.41. The molecule has 102 valence electrons. The van der Waals surface area contributed by atoms with E-state index in [9.17, 15) is 4.39 Å². The van der Waals surface area contributed by atoms with Crippen molar-refractivity contribution >= 4 is 0 Å². The molecule has 1 rings (SSSR count). The zero-order valence-electron chi connectivity index (χ0n) is 11.9. The molecule has 0 bridgehead atoms. The Hall–Kier alpha value is -0.930. The van der Waals surface area contributed by atoms with Gasteiger partial charge in [-0.25, -0.2) is 4.39 Å². The molecule has 0 aromatic heterocycles. The zero-order valence-corrected chi connectivity index (χ0v) is 11.9. The van der Waals surface area contributed by atoms with Gasteiger partial charge in [0, 0.05) is 24.7 Å². The van der Waals surface area contributed by atoms with Gasteiger partial charge in [0.05, 0.1) is 0 Å². The van der Waals surface area contributed by atoms with Crippen LogP contribution in [0.25, 0.3) is 0 Å². The molecule has 0 fully saturated rings. The van der Waals surface area contributed by atoms with Crippen LogP contribution in [0, 0.1) is 5.82 Å². The van der Waals surface area contributed by atoms with Gasteiger partial charge in [-0.1, -0.05) is 18.2 Å². The first-order valence-corrected chi connectivity index (χ1v) is 6.66. The summed E-state index contributed by atoms with van der Waals surface area (Å²) in [4.78, 5) is 2.34. The van der Waals surface area contributed by atoms with Crippen LogP contribution >= 0.6 is 0 Å². The number of nitrogens with two attached hydrogens (primary N) is 1. The topological polar surface area (TPSA) is 29.3 Å². The normalized spacial score (nSPS) is 13.6. The standard InChI is InChI=1S/C15H25FN2/c1-11(2)18(12(3)4)10-14(17)9-13-7-5-6-8-15(13)16/h5-8,11-12,14H,9-10,17H2,1-4H3. The lowest BCUT2D eigenvalue weighted by molar-refractivity contribution is 0.163. The Kier molecular flexibility index (Phi) is 5.76. The molecule has 1 atom stereocenters. The maximum atomic E-state index is 13.5. The third-order valence-corrected chi connectivity index (χ3v) is 3.21. The first kappa shape index (κ1) is 15.1. The van der Waals surface area contributed by atoms with Crippen LogP contribution in [0.4, 0.5) is 4.39 Å². The molecule has 0 amide bonds. The minimum absolute atomic E-state index is 0.0355. The molecule has 1 aromatic carbocycles. The van der Waals surface area contributed by atoms with Crippen molar-refractivity contribution in [3.63, 3.8) is 0 Å². The monoisotopic (exact) mass is 252 g/mol. The van der Waals surface area contributed by atoms with Gasteiger partial charge in [0.15, 0.2) is 0 Å². The van der Waals surface area contributed by atoms with Crippen LogP contribution in [0.5, 0.6) is 0 Å². The van der Waals surface area contributed by atoms with Crippen LogP contribution in [0.1, 0.15) is 33.3 Å². The van der Waals surface area contributed by atoms with E-state index in [0.29, 0.717) is 24.1 Å². The van der Waals surface area contributed by atoms with Gasteiger partial charge in [-0.05, 0) is 45.7 Å². The minimum atomic E-state index is -0.159. The molecule has 0 aliphatic heterocycles. The van der Waals surface area contributed by atoms with E-state index in [1.165, 1.54) is 6.07 Å². The van der Waals surface area contributed by atoms with Gasteiger partial charge in [0.2, 0.25) is 0 Å². The van der Waals surface area contributed by atoms with Gasteiger partial charge < -0.3 is 5.73 Å². The van der Waals surface area contributed by atoms with E-state index in [-0.39, 0.29) is 11.9 Å². The van der Waals surface area contributed by atoms with Crippen LogP contribution in [-0.4, -0.2) is 29.6 Å². The van der Waals surface area contributed by atoms with E-state index in [0.717, 1.165) is 6.54 Å². The Morgan fingerprint density at radius 3 is 2.17 bits per heavy atom. The van der Waals surface area contributed by atoms with Crippen molar-refractivity contribution in [3.8, 4) is 0 Å². The number of rotatable bonds is 6. The number of benzene rings is 1. The van der Waals surface area contributed by atoms with E-state index in [4.69, 9.17) is 5.73 Å². The summed E-state index contributed by atoms with van der Waals surface area (Å²) < 4.78 is 13.5. The fraction of sp³-hybridized carbons (Fsp3) is 0.600. The highest BCUT2D eigenvalue weighted by atomic mass is 19.1. The molecule has 0 heterocycles. The minimum Gasteiger partial charge on any atom is -0.326 e. The van der Waals surface area contributed by atoms with Crippen LogP contribution in [-0.2, 0) is 6.42 Å². The summed E-state index contributed by atoms with van der Waals surface area (Å²) in [6.45, 7) is 9.45. The molecular weight excluding hydrogens is 227 g/mol. The van der Waals surface area contributed by atoms with Crippen LogP contribution < -0.4 is 5.73 Å². The lowest BCUT2D eigenvalue weighted by atomic mass is 10.0. The molecule has 1 aromatic rings. The summed E-state index contributed by atoms with van der Waals surface area (Å²) in [6, 6.07) is 7.74. The fourth-order valence-electron chi connectivity index (χ4n) is 2.30. The Balaban J connectivity index is 2.61. The van der Waals surface area contributed by atoms with Gasteiger partial charge in [-0.2, -0.15) is 0 Å². The van der Waals surface area contributed by atoms with E-state index < -0.39 is 0 Å². The van der Waals surface area contributed by atoms with Crippen molar-refractivity contribution in [3.05, 3.63) is 35.6 Å². The van der Waals surface area contributed by atoms with Gasteiger partial charge in [-0.15, -0.1) is 0 Å². The highest BCUT2D eigenvalue weighted by molar-refractivity contribution is 5.18. The quantitative estimate of drug-likeness (QED) is 0.843. The lowest BCUT2D eigenvalue weighted by Gasteiger charge is -2.32. The van der Waals surface area contributed by atoms with Crippen molar-refractivity contribution in [1.82, 2.24) is 4.90 Å². The molecule has 3 heteroatoms. The maximum absolute atomic E-state index is 13.5. The van der Waals surface area contributed by atoms with Gasteiger partial charge in [0.25, 0.3) is 0 Å². The second kappa shape index (κ2) is 6.86. The summed E-state index contributed by atoms with van der Waals surface area (Å²) >= 11 is 0. The molecule has 0 spiro atoms. The second-order valence-corrected chi connectivity index (χ2v) is 5.44. The lowest BCUT2D eigenvalue weighted by Crippen LogP contribution is -2.45. The van der Waals surface area contributed by atoms with Crippen molar-refractivity contribution in [1.29, 1.82) is 0 Å². The summed E-state index contributed by atoms with van der Waals surface area (Å²) in [5.74, 6) is -0.159. The van der Waals surface area contributed by atoms with Crippen LogP contribution in [0.2, 0.25) is 0 Å². The molecule has 0 aliphatic carbocycles. The van der Waals surface area contributed by atoms with Gasteiger partial charge in [-0.3, -0.25) is 4.90 Å². The van der Waals surface area contributed by atoms with Crippen molar-refractivity contribution < 1.29 is 4.39 Å². The number of hydrogen-bond acceptors (Lipinski definition) is 2. The van der Waals surface area contributed by atoms with Crippen LogP contribution in [0.3, 0.4) is 0 Å². The third kappa shape index (κ3) is 4.39. The average Bonchev–Trinajstić information content (AvgIpc) is 2.28. The Bertz CT molecular complexity index is 355. The summed E-state index contributed by atoms with van der Waals surface area (Å²) in [6.07, 6.45) is 0.586. The number of halogens is 1. The van der Waals surface area contributed by atoms with Crippen LogP contribution in [0.15, 0.2) is 24.3 Å². The van der Waals surface area contributed by atoms with Crippen molar-refractivity contribution in [2.45, 2.75) is 52.2 Å². The fourth-order valence-corrected chi connectivity index (χ4v) is 2.30. The summed E-state index contributed by atoms with van der Waals surface area (Å²) in [5.41, 5.74) is 6.85. The maximum Gasteiger partial charge on any atom is 0.126 e. The number of hydrogen-bond donors (Lipinski definition) is 1. The van der Waals surface area contributed by atoms with E-state index >= 15 is 0 Å². The molecule has 1 unspecified atom stereocenters. The molecule has 2 nitrogen and oxygen atoms in total. The third-order valence-electron chi connectivity index (χ3n) is 3.21. The van der Waals surface area contributed by atoms with E-state index in [1.807, 2.05) is 12.1 Å². The molecular formula is C15H25FN2. The Morgan fingerprint density at radius 1 is 1.11 bits per heavy atom. The Labute approximate surface area is 110 Å². The number of nitrogens with zero attached hydrogens (tertiary/aromatic N) is 1. The summed E-state index contributed by atoms with van der Waals surface area (Å²) in [7, 11) is 0. The van der Waals surface area contributed by atoms with Gasteiger partial charge in [0.1, 0.15) is 5.82 Å². The SMILES string of the molecule is CC(C)N(CC(N)Cc1ccccc1F)C(C)C. The van der Waals surface area contributed by atoms with Crippen molar-refractivity contribution in [2.24, 2.45) is 5.73 Å². The largest absolute Gasteiger partial charge is 0.326 e. The Morgan fingerprint density at radius 2 is 1.67 bits per heavy atom. The van der Waals surface area contributed by atoms with E-state index in [2.05, 4.69) is 32.6 Å². The van der Waals surface area contributed by atoms with Crippen molar-refractivity contribution in [2.75, 3.05) is 6.54 Å². The van der Waals surface area contributed by atoms with E-state index in [1.54, 1.807) is 6.07 Å². The molecule has 0 saturated heterocycles. The molecule has 2 N–H and O–H groups in total. The highest BCUT2D eigenvalue weighted by Crippen LogP contribution is 2.11. The molecule has 0 aliphatic rings. The second-order valence-electron chi connectivity index (χ2n) is 5.44. The predicted octanol–water partition coefficient (Wildman–Crippen LogP) is 2.81. The van der Waals surface area contributed by atoms with Gasteiger partial charge >= 0.3 is 0 Å². The molecule has 18 heavy (non-hydrogen) atoms. The first-order valence-electron chi connectivity index (χ1n) is 6.66.